The van der Waals surface area contributed by atoms with Crippen LogP contribution < -0.4 is 14.2 Å². The summed E-state index contributed by atoms with van der Waals surface area (Å²) >= 11 is 0. The highest BCUT2D eigenvalue weighted by Crippen LogP contribution is 2.32. The zero-order chi connectivity index (χ0) is 16.2. The van der Waals surface area contributed by atoms with Crippen LogP contribution in [0.5, 0.6) is 17.2 Å². The first-order valence-electron chi connectivity index (χ1n) is 7.48. The molecular weight excluding hydrogens is 294 g/mol. The van der Waals surface area contributed by atoms with Gasteiger partial charge in [0, 0.05) is 12.6 Å². The Labute approximate surface area is 135 Å². The highest BCUT2D eigenvalue weighted by Gasteiger charge is 2.18. The number of carbonyl (C=O) groups is 1. The molecule has 120 valence electrons. The van der Waals surface area contributed by atoms with E-state index in [0.717, 1.165) is 11.3 Å². The Balaban J connectivity index is 1.55. The summed E-state index contributed by atoms with van der Waals surface area (Å²) in [5.41, 5.74) is 1.72. The third-order valence-electron chi connectivity index (χ3n) is 3.65. The molecule has 0 saturated carbocycles. The van der Waals surface area contributed by atoms with Crippen molar-refractivity contribution in [2.45, 2.75) is 6.92 Å². The molecule has 1 amide bonds. The minimum Gasteiger partial charge on any atom is -0.492 e. The highest BCUT2D eigenvalue weighted by atomic mass is 16.7. The zero-order valence-corrected chi connectivity index (χ0v) is 13.2. The molecule has 1 aliphatic heterocycles. The molecular formula is C18H19NO4. The Morgan fingerprint density at radius 3 is 2.83 bits per heavy atom. The molecule has 0 radical (unpaired) electrons. The van der Waals surface area contributed by atoms with Crippen molar-refractivity contribution in [1.29, 1.82) is 0 Å². The monoisotopic (exact) mass is 313 g/mol. The van der Waals surface area contributed by atoms with Gasteiger partial charge in [-0.1, -0.05) is 12.1 Å². The minimum atomic E-state index is -0.0730. The SMILES string of the molecule is Cc1cccc(OCCN(C)C(=O)c2ccc3c(c2)OCO3)c1. The van der Waals surface area contributed by atoms with Gasteiger partial charge in [0.25, 0.3) is 5.91 Å². The lowest BCUT2D eigenvalue weighted by atomic mass is 10.2. The molecule has 0 aliphatic carbocycles. The van der Waals surface area contributed by atoms with Gasteiger partial charge in [-0.2, -0.15) is 0 Å². The quantitative estimate of drug-likeness (QED) is 0.851. The highest BCUT2D eigenvalue weighted by molar-refractivity contribution is 5.94. The van der Waals surface area contributed by atoms with Crippen LogP contribution in [-0.4, -0.2) is 37.8 Å². The number of hydrogen-bond acceptors (Lipinski definition) is 4. The molecule has 0 saturated heterocycles. The molecule has 5 heteroatoms. The topological polar surface area (TPSA) is 48.0 Å². The van der Waals surface area contributed by atoms with Gasteiger partial charge in [-0.25, -0.2) is 0 Å². The van der Waals surface area contributed by atoms with Gasteiger partial charge in [-0.15, -0.1) is 0 Å². The molecule has 0 fully saturated rings. The number of carbonyl (C=O) groups excluding carboxylic acids is 1. The summed E-state index contributed by atoms with van der Waals surface area (Å²) < 4.78 is 16.2. The van der Waals surface area contributed by atoms with Crippen molar-refractivity contribution in [3.8, 4) is 17.2 Å². The fourth-order valence-electron chi connectivity index (χ4n) is 2.36. The molecule has 5 nitrogen and oxygen atoms in total. The lowest BCUT2D eigenvalue weighted by Crippen LogP contribution is -2.30. The van der Waals surface area contributed by atoms with E-state index in [-0.39, 0.29) is 12.7 Å². The van der Waals surface area contributed by atoms with Gasteiger partial charge >= 0.3 is 0 Å². The van der Waals surface area contributed by atoms with Crippen molar-refractivity contribution in [3.63, 3.8) is 0 Å². The van der Waals surface area contributed by atoms with E-state index in [1.807, 2.05) is 31.2 Å². The number of likely N-dealkylation sites (N-methyl/N-ethyl adjacent to an activating group) is 1. The van der Waals surface area contributed by atoms with Gasteiger partial charge in [-0.05, 0) is 42.8 Å². The van der Waals surface area contributed by atoms with Gasteiger partial charge in [0.05, 0.1) is 6.54 Å². The van der Waals surface area contributed by atoms with Crippen LogP contribution in [0.1, 0.15) is 15.9 Å². The standard InChI is InChI=1S/C18H19NO4/c1-13-4-3-5-15(10-13)21-9-8-19(2)18(20)14-6-7-16-17(11-14)23-12-22-16/h3-7,10-11H,8-9,12H2,1-2H3. The van der Waals surface area contributed by atoms with Crippen LogP contribution in [0.2, 0.25) is 0 Å². The fourth-order valence-corrected chi connectivity index (χ4v) is 2.36. The smallest absolute Gasteiger partial charge is 0.253 e. The summed E-state index contributed by atoms with van der Waals surface area (Å²) in [7, 11) is 1.76. The number of hydrogen-bond donors (Lipinski definition) is 0. The fraction of sp³-hybridized carbons (Fsp3) is 0.278. The summed E-state index contributed by atoms with van der Waals surface area (Å²) in [6.45, 7) is 3.16. The van der Waals surface area contributed by atoms with Crippen LogP contribution >= 0.6 is 0 Å². The molecule has 23 heavy (non-hydrogen) atoms. The first kappa shape index (κ1) is 15.2. The van der Waals surface area contributed by atoms with E-state index < -0.39 is 0 Å². The Kier molecular flexibility index (Phi) is 4.37. The van der Waals surface area contributed by atoms with Crippen molar-refractivity contribution in [2.24, 2.45) is 0 Å². The predicted octanol–water partition coefficient (Wildman–Crippen LogP) is 2.87. The van der Waals surface area contributed by atoms with Crippen LogP contribution in [0.25, 0.3) is 0 Å². The van der Waals surface area contributed by atoms with Crippen LogP contribution in [0.15, 0.2) is 42.5 Å². The summed E-state index contributed by atoms with van der Waals surface area (Å²) in [5, 5.41) is 0. The van der Waals surface area contributed by atoms with Gasteiger partial charge in [0.1, 0.15) is 12.4 Å². The summed E-state index contributed by atoms with van der Waals surface area (Å²) in [6.07, 6.45) is 0. The number of fused-ring (bicyclic) bond motifs is 1. The molecule has 0 spiro atoms. The number of aryl methyl sites for hydroxylation is 1. The second-order valence-electron chi connectivity index (χ2n) is 5.46. The largest absolute Gasteiger partial charge is 0.492 e. The second-order valence-corrected chi connectivity index (χ2v) is 5.46. The van der Waals surface area contributed by atoms with Gasteiger partial charge < -0.3 is 19.1 Å². The van der Waals surface area contributed by atoms with Crippen LogP contribution in [0, 0.1) is 6.92 Å². The van der Waals surface area contributed by atoms with Crippen molar-refractivity contribution in [1.82, 2.24) is 4.90 Å². The van der Waals surface area contributed by atoms with E-state index in [1.165, 1.54) is 0 Å². The lowest BCUT2D eigenvalue weighted by molar-refractivity contribution is 0.0773. The molecule has 1 aliphatic rings. The Morgan fingerprint density at radius 2 is 2.00 bits per heavy atom. The minimum absolute atomic E-state index is 0.0730. The summed E-state index contributed by atoms with van der Waals surface area (Å²) in [5.74, 6) is 2.03. The van der Waals surface area contributed by atoms with E-state index >= 15 is 0 Å². The number of rotatable bonds is 5. The Hall–Kier alpha value is -2.69. The number of nitrogens with zero attached hydrogens (tertiary/aromatic N) is 1. The van der Waals surface area contributed by atoms with Crippen molar-refractivity contribution >= 4 is 5.91 Å². The van der Waals surface area contributed by atoms with E-state index in [0.29, 0.717) is 30.2 Å². The lowest BCUT2D eigenvalue weighted by Gasteiger charge is -2.18. The molecule has 3 rings (SSSR count). The number of ether oxygens (including phenoxy) is 3. The number of benzene rings is 2. The first-order valence-corrected chi connectivity index (χ1v) is 7.48. The summed E-state index contributed by atoms with van der Waals surface area (Å²) in [4.78, 5) is 14.0. The number of amides is 1. The average molecular weight is 313 g/mol. The van der Waals surface area contributed by atoms with Crippen molar-refractivity contribution in [2.75, 3.05) is 27.0 Å². The third kappa shape index (κ3) is 3.56. The van der Waals surface area contributed by atoms with Gasteiger partial charge in [0.15, 0.2) is 11.5 Å². The molecule has 0 bridgehead atoms. The molecule has 0 unspecified atom stereocenters. The van der Waals surface area contributed by atoms with Crippen LogP contribution in [0.3, 0.4) is 0 Å². The maximum absolute atomic E-state index is 12.4. The Morgan fingerprint density at radius 1 is 1.17 bits per heavy atom. The predicted molar refractivity (Wildman–Crippen MR) is 86.2 cm³/mol. The average Bonchev–Trinajstić information content (AvgIpc) is 3.01. The molecule has 0 N–H and O–H groups in total. The Bertz CT molecular complexity index is 714. The molecule has 2 aromatic carbocycles. The molecule has 1 heterocycles. The maximum atomic E-state index is 12.4. The maximum Gasteiger partial charge on any atom is 0.253 e. The normalized spacial score (nSPS) is 12.1. The van der Waals surface area contributed by atoms with Gasteiger partial charge in [0.2, 0.25) is 6.79 Å². The van der Waals surface area contributed by atoms with E-state index in [2.05, 4.69) is 0 Å². The zero-order valence-electron chi connectivity index (χ0n) is 13.2. The molecule has 2 aromatic rings. The third-order valence-corrected chi connectivity index (χ3v) is 3.65. The van der Waals surface area contributed by atoms with Gasteiger partial charge in [-0.3, -0.25) is 4.79 Å². The molecule has 0 atom stereocenters. The second kappa shape index (κ2) is 6.60. The van der Waals surface area contributed by atoms with E-state index in [9.17, 15) is 4.79 Å². The van der Waals surface area contributed by atoms with Crippen LogP contribution in [0.4, 0.5) is 0 Å². The van der Waals surface area contributed by atoms with E-state index in [4.69, 9.17) is 14.2 Å². The first-order chi connectivity index (χ1) is 11.1. The summed E-state index contributed by atoms with van der Waals surface area (Å²) in [6, 6.07) is 13.1. The van der Waals surface area contributed by atoms with Crippen molar-refractivity contribution < 1.29 is 19.0 Å². The van der Waals surface area contributed by atoms with Crippen LogP contribution in [-0.2, 0) is 0 Å². The van der Waals surface area contributed by atoms with E-state index in [1.54, 1.807) is 30.1 Å². The molecule has 0 aromatic heterocycles. The van der Waals surface area contributed by atoms with Crippen molar-refractivity contribution in [3.05, 3.63) is 53.6 Å².